The number of halogens is 1. The average Bonchev–Trinajstić information content (AvgIpc) is 2.22. The summed E-state index contributed by atoms with van der Waals surface area (Å²) in [5, 5.41) is 7.95. The standard InChI is InChI=1S/C5H8N4.ClH/c6-9-7-4-2-1-3-5(4)8-9;/h1-3,6H2;1H. The second-order valence-corrected chi connectivity index (χ2v) is 2.27. The van der Waals surface area contributed by atoms with Gasteiger partial charge in [0.2, 0.25) is 0 Å². The number of hydrogen-bond donors (Lipinski definition) is 1. The number of nitrogens with zero attached hydrogens (tertiary/aromatic N) is 3. The third kappa shape index (κ3) is 0.945. The molecule has 0 atom stereocenters. The summed E-state index contributed by atoms with van der Waals surface area (Å²) in [7, 11) is 0. The van der Waals surface area contributed by atoms with Gasteiger partial charge in [0.15, 0.2) is 0 Å². The van der Waals surface area contributed by atoms with Crippen LogP contribution in [0.5, 0.6) is 0 Å². The molecule has 1 aliphatic carbocycles. The van der Waals surface area contributed by atoms with E-state index >= 15 is 0 Å². The normalized spacial score (nSPS) is 14.4. The first-order chi connectivity index (χ1) is 4.36. The molecule has 0 saturated carbocycles. The Kier molecular flexibility index (Phi) is 1.80. The summed E-state index contributed by atoms with van der Waals surface area (Å²) >= 11 is 0. The van der Waals surface area contributed by atoms with E-state index in [1.54, 1.807) is 0 Å². The van der Waals surface area contributed by atoms with Gasteiger partial charge in [-0.3, -0.25) is 0 Å². The molecular formula is C5H9ClN4. The number of nitrogens with two attached hydrogens (primary N) is 1. The highest BCUT2D eigenvalue weighted by molar-refractivity contribution is 5.85. The van der Waals surface area contributed by atoms with Crippen LogP contribution in [0.15, 0.2) is 0 Å². The summed E-state index contributed by atoms with van der Waals surface area (Å²) in [5.74, 6) is 5.28. The maximum absolute atomic E-state index is 5.28. The first-order valence-electron chi connectivity index (χ1n) is 3.06. The number of rotatable bonds is 0. The van der Waals surface area contributed by atoms with Crippen molar-refractivity contribution in [2.24, 2.45) is 0 Å². The van der Waals surface area contributed by atoms with Gasteiger partial charge >= 0.3 is 0 Å². The molecule has 1 aromatic heterocycles. The third-order valence-corrected chi connectivity index (χ3v) is 1.61. The lowest BCUT2D eigenvalue weighted by molar-refractivity contribution is 0.668. The summed E-state index contributed by atoms with van der Waals surface area (Å²) in [5.41, 5.74) is 2.16. The monoisotopic (exact) mass is 160 g/mol. The van der Waals surface area contributed by atoms with Gasteiger partial charge in [0.05, 0.1) is 11.4 Å². The molecule has 0 saturated heterocycles. The van der Waals surface area contributed by atoms with E-state index in [-0.39, 0.29) is 12.4 Å². The van der Waals surface area contributed by atoms with Gasteiger partial charge in [-0.15, -0.1) is 22.6 Å². The predicted octanol–water partition coefficient (Wildman–Crippen LogP) is -0.0976. The lowest BCUT2D eigenvalue weighted by atomic mass is 10.4. The van der Waals surface area contributed by atoms with Crippen molar-refractivity contribution < 1.29 is 0 Å². The van der Waals surface area contributed by atoms with Gasteiger partial charge in [-0.1, -0.05) is 4.91 Å². The molecule has 10 heavy (non-hydrogen) atoms. The molecule has 2 rings (SSSR count). The molecule has 0 aromatic carbocycles. The summed E-state index contributed by atoms with van der Waals surface area (Å²) in [6.07, 6.45) is 3.28. The Labute approximate surface area is 64.8 Å². The highest BCUT2D eigenvalue weighted by Gasteiger charge is 2.15. The van der Waals surface area contributed by atoms with Crippen molar-refractivity contribution >= 4 is 12.4 Å². The topological polar surface area (TPSA) is 56.7 Å². The molecule has 0 unspecified atom stereocenters. The summed E-state index contributed by atoms with van der Waals surface area (Å²) in [6, 6.07) is 0. The van der Waals surface area contributed by atoms with Crippen LogP contribution >= 0.6 is 12.4 Å². The first kappa shape index (κ1) is 7.34. The second kappa shape index (κ2) is 2.46. The molecule has 0 fully saturated rings. The minimum atomic E-state index is 0. The molecule has 4 nitrogen and oxygen atoms in total. The van der Waals surface area contributed by atoms with E-state index in [4.69, 9.17) is 5.84 Å². The van der Waals surface area contributed by atoms with Crippen LogP contribution in [0.3, 0.4) is 0 Å². The van der Waals surface area contributed by atoms with Crippen molar-refractivity contribution in [1.82, 2.24) is 15.1 Å². The SMILES string of the molecule is Cl.Nn1nc2c(n1)CCC2. The molecule has 1 heterocycles. The van der Waals surface area contributed by atoms with Crippen LogP contribution in [-0.4, -0.2) is 15.1 Å². The van der Waals surface area contributed by atoms with E-state index in [1.807, 2.05) is 0 Å². The van der Waals surface area contributed by atoms with Gasteiger partial charge in [0.1, 0.15) is 0 Å². The Bertz CT molecular complexity index is 210. The van der Waals surface area contributed by atoms with Gasteiger partial charge < -0.3 is 5.84 Å². The lowest BCUT2D eigenvalue weighted by Gasteiger charge is -1.84. The zero-order chi connectivity index (χ0) is 6.27. The zero-order valence-corrected chi connectivity index (χ0v) is 6.27. The molecule has 0 bridgehead atoms. The van der Waals surface area contributed by atoms with Gasteiger partial charge in [-0.05, 0) is 19.3 Å². The molecular weight excluding hydrogens is 152 g/mol. The fraction of sp³-hybridized carbons (Fsp3) is 0.600. The van der Waals surface area contributed by atoms with Crippen LogP contribution in [0.1, 0.15) is 17.8 Å². The summed E-state index contributed by atoms with van der Waals surface area (Å²) < 4.78 is 0. The molecule has 0 aliphatic heterocycles. The van der Waals surface area contributed by atoms with Crippen molar-refractivity contribution in [2.75, 3.05) is 5.84 Å². The molecule has 56 valence electrons. The summed E-state index contributed by atoms with van der Waals surface area (Å²) in [4.78, 5) is 1.16. The fourth-order valence-electron chi connectivity index (χ4n) is 1.20. The first-order valence-corrected chi connectivity index (χ1v) is 3.06. The van der Waals surface area contributed by atoms with Crippen LogP contribution in [0, 0.1) is 0 Å². The number of nitrogen functional groups attached to an aromatic ring is 1. The Morgan fingerprint density at radius 1 is 1.20 bits per heavy atom. The van der Waals surface area contributed by atoms with Crippen LogP contribution in [0.25, 0.3) is 0 Å². The molecule has 0 amide bonds. The van der Waals surface area contributed by atoms with Crippen molar-refractivity contribution in [3.8, 4) is 0 Å². The Hall–Kier alpha value is -0.770. The van der Waals surface area contributed by atoms with E-state index in [2.05, 4.69) is 10.2 Å². The maximum atomic E-state index is 5.28. The molecule has 1 aliphatic rings. The van der Waals surface area contributed by atoms with E-state index < -0.39 is 0 Å². The van der Waals surface area contributed by atoms with E-state index in [1.165, 1.54) is 6.42 Å². The highest BCUT2D eigenvalue weighted by atomic mass is 35.5. The molecule has 0 spiro atoms. The number of aryl methyl sites for hydroxylation is 2. The second-order valence-electron chi connectivity index (χ2n) is 2.27. The van der Waals surface area contributed by atoms with Crippen LogP contribution in [0.2, 0.25) is 0 Å². The van der Waals surface area contributed by atoms with Crippen molar-refractivity contribution in [2.45, 2.75) is 19.3 Å². The molecule has 0 radical (unpaired) electrons. The van der Waals surface area contributed by atoms with Crippen molar-refractivity contribution in [1.29, 1.82) is 0 Å². The average molecular weight is 161 g/mol. The maximum Gasteiger partial charge on any atom is 0.0881 e. The number of fused-ring (bicyclic) bond motifs is 1. The van der Waals surface area contributed by atoms with Gasteiger partial charge in [0, 0.05) is 0 Å². The number of hydrogen-bond acceptors (Lipinski definition) is 3. The van der Waals surface area contributed by atoms with Crippen LogP contribution < -0.4 is 5.84 Å². The number of aromatic nitrogens is 3. The minimum absolute atomic E-state index is 0. The molecule has 1 aromatic rings. The third-order valence-electron chi connectivity index (χ3n) is 1.61. The quantitative estimate of drug-likeness (QED) is 0.540. The Morgan fingerprint density at radius 3 is 2.20 bits per heavy atom. The van der Waals surface area contributed by atoms with Crippen LogP contribution in [0.4, 0.5) is 0 Å². The highest BCUT2D eigenvalue weighted by Crippen LogP contribution is 2.15. The molecule has 5 heteroatoms. The lowest BCUT2D eigenvalue weighted by Crippen LogP contribution is -2.12. The fourth-order valence-corrected chi connectivity index (χ4v) is 1.20. The van der Waals surface area contributed by atoms with Crippen molar-refractivity contribution in [3.05, 3.63) is 11.4 Å². The minimum Gasteiger partial charge on any atom is -0.306 e. The molecule has 2 N–H and O–H groups in total. The van der Waals surface area contributed by atoms with Crippen LogP contribution in [-0.2, 0) is 12.8 Å². The van der Waals surface area contributed by atoms with Gasteiger partial charge in [-0.2, -0.15) is 0 Å². The zero-order valence-electron chi connectivity index (χ0n) is 5.45. The Balaban J connectivity index is 0.000000500. The van der Waals surface area contributed by atoms with E-state index in [0.29, 0.717) is 0 Å². The van der Waals surface area contributed by atoms with Gasteiger partial charge in [-0.25, -0.2) is 0 Å². The van der Waals surface area contributed by atoms with E-state index in [9.17, 15) is 0 Å². The Morgan fingerprint density at radius 2 is 1.70 bits per heavy atom. The largest absolute Gasteiger partial charge is 0.306 e. The predicted molar refractivity (Wildman–Crippen MR) is 39.4 cm³/mol. The van der Waals surface area contributed by atoms with Gasteiger partial charge in [0.25, 0.3) is 0 Å². The smallest absolute Gasteiger partial charge is 0.0881 e. The van der Waals surface area contributed by atoms with Crippen molar-refractivity contribution in [3.63, 3.8) is 0 Å². The van der Waals surface area contributed by atoms with E-state index in [0.717, 1.165) is 29.1 Å². The summed E-state index contributed by atoms with van der Waals surface area (Å²) in [6.45, 7) is 0.